The zero-order valence-electron chi connectivity index (χ0n) is 11.5. The van der Waals surface area contributed by atoms with Crippen molar-refractivity contribution in [1.29, 1.82) is 0 Å². The van der Waals surface area contributed by atoms with E-state index in [0.29, 0.717) is 6.54 Å². The fraction of sp³-hybridized carbons (Fsp3) is 0.200. The molecular formula is C15H15N3OS2. The number of hydrogen-bond acceptors (Lipinski definition) is 4. The Balaban J connectivity index is 1.72. The smallest absolute Gasteiger partial charge is 0.261 e. The number of nitrogens with one attached hydrogen (secondary N) is 1. The lowest BCUT2D eigenvalue weighted by atomic mass is 10.2. The van der Waals surface area contributed by atoms with Gasteiger partial charge in [-0.15, -0.1) is 22.7 Å². The van der Waals surface area contributed by atoms with Gasteiger partial charge in [0.2, 0.25) is 0 Å². The molecule has 0 fully saturated rings. The molecule has 0 saturated heterocycles. The van der Waals surface area contributed by atoms with Crippen LogP contribution in [0.25, 0.3) is 0 Å². The van der Waals surface area contributed by atoms with Crippen LogP contribution in [0.3, 0.4) is 0 Å². The van der Waals surface area contributed by atoms with Crippen LogP contribution in [0.1, 0.15) is 26.2 Å². The molecule has 0 aromatic carbocycles. The van der Waals surface area contributed by atoms with E-state index in [1.165, 1.54) is 16.2 Å². The molecule has 21 heavy (non-hydrogen) atoms. The summed E-state index contributed by atoms with van der Waals surface area (Å²) in [5.41, 5.74) is 1.12. The highest BCUT2D eigenvalue weighted by Crippen LogP contribution is 2.22. The zero-order chi connectivity index (χ0) is 14.7. The molecule has 0 aliphatic carbocycles. The Bertz CT molecular complexity index is 667. The van der Waals surface area contributed by atoms with Crippen LogP contribution in [-0.2, 0) is 0 Å². The van der Waals surface area contributed by atoms with Gasteiger partial charge < -0.3 is 5.32 Å². The maximum Gasteiger partial charge on any atom is 0.261 e. The summed E-state index contributed by atoms with van der Waals surface area (Å²) in [6.45, 7) is 2.52. The summed E-state index contributed by atoms with van der Waals surface area (Å²) in [6.07, 6.45) is 3.68. The second kappa shape index (κ2) is 6.24. The van der Waals surface area contributed by atoms with E-state index in [-0.39, 0.29) is 11.9 Å². The van der Waals surface area contributed by atoms with Crippen LogP contribution in [0, 0.1) is 6.92 Å². The molecule has 1 N–H and O–H groups in total. The van der Waals surface area contributed by atoms with Gasteiger partial charge in [-0.25, -0.2) is 0 Å². The molecule has 3 aromatic heterocycles. The van der Waals surface area contributed by atoms with Crippen molar-refractivity contribution in [2.45, 2.75) is 13.0 Å². The SMILES string of the molecule is Cc1csc(C(=O)NCC(c2cccs2)n2cccn2)c1. The predicted octanol–water partition coefficient (Wildman–Crippen LogP) is 3.33. The van der Waals surface area contributed by atoms with E-state index < -0.39 is 0 Å². The Morgan fingerprint density at radius 3 is 2.95 bits per heavy atom. The molecular weight excluding hydrogens is 302 g/mol. The van der Waals surface area contributed by atoms with Gasteiger partial charge in [-0.2, -0.15) is 5.10 Å². The number of aromatic nitrogens is 2. The highest BCUT2D eigenvalue weighted by atomic mass is 32.1. The first kappa shape index (κ1) is 14.0. The van der Waals surface area contributed by atoms with Crippen LogP contribution < -0.4 is 5.32 Å². The van der Waals surface area contributed by atoms with Crippen LogP contribution >= 0.6 is 22.7 Å². The van der Waals surface area contributed by atoms with Crippen molar-refractivity contribution in [3.8, 4) is 0 Å². The van der Waals surface area contributed by atoms with Gasteiger partial charge in [0.25, 0.3) is 5.91 Å². The minimum absolute atomic E-state index is 0.0261. The first-order chi connectivity index (χ1) is 10.2. The first-order valence-corrected chi connectivity index (χ1v) is 8.36. The Morgan fingerprint density at radius 1 is 1.43 bits per heavy atom. The lowest BCUT2D eigenvalue weighted by Crippen LogP contribution is -2.30. The third-order valence-corrected chi connectivity index (χ3v) is 5.15. The monoisotopic (exact) mass is 317 g/mol. The maximum absolute atomic E-state index is 12.2. The molecule has 1 amide bonds. The number of carbonyl (C=O) groups excluding carboxylic acids is 1. The Labute approximate surface area is 131 Å². The molecule has 4 nitrogen and oxygen atoms in total. The van der Waals surface area contributed by atoms with Crippen molar-refractivity contribution in [2.24, 2.45) is 0 Å². The molecule has 0 aliphatic rings. The molecule has 0 radical (unpaired) electrons. The average Bonchev–Trinajstić information content (AvgIpc) is 3.21. The highest BCUT2D eigenvalue weighted by molar-refractivity contribution is 7.12. The quantitative estimate of drug-likeness (QED) is 0.784. The topological polar surface area (TPSA) is 46.9 Å². The van der Waals surface area contributed by atoms with Crippen LogP contribution in [0.2, 0.25) is 0 Å². The summed E-state index contributed by atoms with van der Waals surface area (Å²) < 4.78 is 1.88. The molecule has 0 spiro atoms. The Morgan fingerprint density at radius 2 is 2.33 bits per heavy atom. The standard InChI is InChI=1S/C15H15N3OS2/c1-11-8-14(21-10-11)15(19)16-9-12(13-4-2-7-20-13)18-6-3-5-17-18/h2-8,10,12H,9H2,1H3,(H,16,19). The number of aryl methyl sites for hydroxylation is 1. The second-order valence-electron chi connectivity index (χ2n) is 4.72. The van der Waals surface area contributed by atoms with Gasteiger partial charge in [-0.05, 0) is 41.4 Å². The van der Waals surface area contributed by atoms with Crippen LogP contribution in [0.15, 0.2) is 47.4 Å². The fourth-order valence-electron chi connectivity index (χ4n) is 2.10. The third kappa shape index (κ3) is 3.22. The van der Waals surface area contributed by atoms with E-state index >= 15 is 0 Å². The molecule has 3 rings (SSSR count). The minimum Gasteiger partial charge on any atom is -0.349 e. The molecule has 6 heteroatoms. The first-order valence-electron chi connectivity index (χ1n) is 6.60. The zero-order valence-corrected chi connectivity index (χ0v) is 13.2. The maximum atomic E-state index is 12.2. The lowest BCUT2D eigenvalue weighted by molar-refractivity contribution is 0.0953. The predicted molar refractivity (Wildman–Crippen MR) is 86.1 cm³/mol. The summed E-state index contributed by atoms with van der Waals surface area (Å²) in [4.78, 5) is 14.1. The van der Waals surface area contributed by atoms with Gasteiger partial charge >= 0.3 is 0 Å². The number of nitrogens with zero attached hydrogens (tertiary/aromatic N) is 2. The molecule has 3 aromatic rings. The number of carbonyl (C=O) groups is 1. The van der Waals surface area contributed by atoms with Gasteiger partial charge in [0.05, 0.1) is 4.88 Å². The van der Waals surface area contributed by atoms with Crippen molar-refractivity contribution in [3.63, 3.8) is 0 Å². The number of amides is 1. The molecule has 0 bridgehead atoms. The van der Waals surface area contributed by atoms with Crippen LogP contribution in [0.5, 0.6) is 0 Å². The van der Waals surface area contributed by atoms with Crippen molar-refractivity contribution < 1.29 is 4.79 Å². The van der Waals surface area contributed by atoms with Gasteiger partial charge in [0.15, 0.2) is 0 Å². The van der Waals surface area contributed by atoms with E-state index in [9.17, 15) is 4.79 Å². The normalized spacial score (nSPS) is 12.2. The molecule has 1 unspecified atom stereocenters. The summed E-state index contributed by atoms with van der Waals surface area (Å²) in [7, 11) is 0. The average molecular weight is 317 g/mol. The van der Waals surface area contributed by atoms with Crippen LogP contribution in [-0.4, -0.2) is 22.2 Å². The minimum atomic E-state index is -0.0261. The van der Waals surface area contributed by atoms with E-state index in [1.54, 1.807) is 17.5 Å². The fourth-order valence-corrected chi connectivity index (χ4v) is 3.73. The van der Waals surface area contributed by atoms with Crippen molar-refractivity contribution in [3.05, 3.63) is 62.7 Å². The van der Waals surface area contributed by atoms with Gasteiger partial charge in [0, 0.05) is 23.8 Å². The van der Waals surface area contributed by atoms with E-state index in [2.05, 4.69) is 16.5 Å². The van der Waals surface area contributed by atoms with Crippen LogP contribution in [0.4, 0.5) is 0 Å². The van der Waals surface area contributed by atoms with Gasteiger partial charge in [0.1, 0.15) is 6.04 Å². The summed E-state index contributed by atoms with van der Waals surface area (Å²) in [5.74, 6) is -0.0261. The molecule has 1 atom stereocenters. The van der Waals surface area contributed by atoms with Crippen molar-refractivity contribution >= 4 is 28.6 Å². The highest BCUT2D eigenvalue weighted by Gasteiger charge is 2.17. The summed E-state index contributed by atoms with van der Waals surface area (Å²) in [5, 5.41) is 11.3. The van der Waals surface area contributed by atoms with E-state index in [0.717, 1.165) is 10.4 Å². The Kier molecular flexibility index (Phi) is 4.17. The van der Waals surface area contributed by atoms with Crippen molar-refractivity contribution in [1.82, 2.24) is 15.1 Å². The number of rotatable bonds is 5. The second-order valence-corrected chi connectivity index (χ2v) is 6.61. The van der Waals surface area contributed by atoms with Crippen molar-refractivity contribution in [2.75, 3.05) is 6.54 Å². The molecule has 3 heterocycles. The molecule has 108 valence electrons. The lowest BCUT2D eigenvalue weighted by Gasteiger charge is -2.16. The van der Waals surface area contributed by atoms with Gasteiger partial charge in [-0.1, -0.05) is 6.07 Å². The molecule has 0 saturated carbocycles. The van der Waals surface area contributed by atoms with Gasteiger partial charge in [-0.3, -0.25) is 9.48 Å². The summed E-state index contributed by atoms with van der Waals surface area (Å²) in [6, 6.07) is 7.92. The largest absolute Gasteiger partial charge is 0.349 e. The molecule has 0 aliphatic heterocycles. The van der Waals surface area contributed by atoms with E-state index in [1.807, 2.05) is 46.8 Å². The number of hydrogen-bond donors (Lipinski definition) is 1. The summed E-state index contributed by atoms with van der Waals surface area (Å²) >= 11 is 3.14. The van der Waals surface area contributed by atoms with E-state index in [4.69, 9.17) is 0 Å². The Hall–Kier alpha value is -1.92. The number of thiophene rings is 2. The third-order valence-electron chi connectivity index (χ3n) is 3.13.